The van der Waals surface area contributed by atoms with Crippen LogP contribution in [0.2, 0.25) is 0 Å². The second-order valence-corrected chi connectivity index (χ2v) is 4.50. The summed E-state index contributed by atoms with van der Waals surface area (Å²) in [6.45, 7) is 4.10. The van der Waals surface area contributed by atoms with Gasteiger partial charge in [0.2, 0.25) is 5.76 Å². The minimum atomic E-state index is -1.13. The zero-order valence-corrected chi connectivity index (χ0v) is 9.61. The molecule has 2 aromatic heterocycles. The van der Waals surface area contributed by atoms with E-state index in [9.17, 15) is 4.79 Å². The summed E-state index contributed by atoms with van der Waals surface area (Å²) in [6.07, 6.45) is 0. The van der Waals surface area contributed by atoms with Gasteiger partial charge in [0.05, 0.1) is 5.01 Å². The van der Waals surface area contributed by atoms with E-state index in [1.165, 1.54) is 17.4 Å². The van der Waals surface area contributed by atoms with Crippen molar-refractivity contribution < 1.29 is 14.4 Å². The predicted octanol–water partition coefficient (Wildman–Crippen LogP) is 2.62. The second-order valence-electron chi connectivity index (χ2n) is 3.61. The van der Waals surface area contributed by atoms with Crippen molar-refractivity contribution in [3.63, 3.8) is 0 Å². The van der Waals surface area contributed by atoms with Crippen LogP contribution in [0.5, 0.6) is 0 Å². The molecular weight excluding hydrogens is 228 g/mol. The van der Waals surface area contributed by atoms with Gasteiger partial charge in [-0.15, -0.1) is 11.3 Å². The lowest BCUT2D eigenvalue weighted by atomic mass is 10.2. The summed E-state index contributed by atoms with van der Waals surface area (Å²) < 4.78 is 4.67. The quantitative estimate of drug-likeness (QED) is 0.889. The molecule has 1 N–H and O–H groups in total. The average Bonchev–Trinajstić information content (AvgIpc) is 2.86. The molecule has 0 unspecified atom stereocenters. The highest BCUT2D eigenvalue weighted by Gasteiger charge is 2.15. The maximum atomic E-state index is 10.6. The van der Waals surface area contributed by atoms with Crippen molar-refractivity contribution >= 4 is 17.3 Å². The van der Waals surface area contributed by atoms with E-state index in [-0.39, 0.29) is 5.76 Å². The molecule has 0 aliphatic heterocycles. The van der Waals surface area contributed by atoms with Crippen molar-refractivity contribution in [3.05, 3.63) is 22.2 Å². The molecule has 6 heteroatoms. The lowest BCUT2D eigenvalue weighted by Crippen LogP contribution is -1.91. The summed E-state index contributed by atoms with van der Waals surface area (Å²) in [4.78, 5) is 15.0. The van der Waals surface area contributed by atoms with Crippen LogP contribution in [0, 0.1) is 0 Å². The summed E-state index contributed by atoms with van der Waals surface area (Å²) in [6, 6.07) is 1.38. The molecule has 0 aromatic carbocycles. The molecule has 0 amide bonds. The lowest BCUT2D eigenvalue weighted by Gasteiger charge is -1.95. The van der Waals surface area contributed by atoms with E-state index in [0.29, 0.717) is 17.3 Å². The third-order valence-electron chi connectivity index (χ3n) is 2.00. The summed E-state index contributed by atoms with van der Waals surface area (Å²) in [5.74, 6) is -0.947. The van der Waals surface area contributed by atoms with Crippen LogP contribution in [0.15, 0.2) is 16.0 Å². The molecule has 0 aliphatic carbocycles. The number of hydrogen-bond donors (Lipinski definition) is 1. The number of thiazole rings is 1. The third kappa shape index (κ3) is 1.96. The first-order chi connectivity index (χ1) is 7.58. The second kappa shape index (κ2) is 4.05. The largest absolute Gasteiger partial charge is 0.475 e. The van der Waals surface area contributed by atoms with Gasteiger partial charge in [-0.25, -0.2) is 9.78 Å². The molecule has 2 heterocycles. The van der Waals surface area contributed by atoms with Gasteiger partial charge in [0.25, 0.3) is 0 Å². The SMILES string of the molecule is CC(C)c1nc(-c2cc(C(=O)O)on2)cs1. The van der Waals surface area contributed by atoms with E-state index < -0.39 is 5.97 Å². The van der Waals surface area contributed by atoms with Gasteiger partial charge < -0.3 is 9.63 Å². The topological polar surface area (TPSA) is 76.2 Å². The summed E-state index contributed by atoms with van der Waals surface area (Å²) in [5, 5.41) is 15.2. The van der Waals surface area contributed by atoms with Gasteiger partial charge in [-0.2, -0.15) is 0 Å². The van der Waals surface area contributed by atoms with Crippen molar-refractivity contribution in [2.75, 3.05) is 0 Å². The van der Waals surface area contributed by atoms with Gasteiger partial charge in [-0.3, -0.25) is 0 Å². The molecule has 0 radical (unpaired) electrons. The molecule has 0 aliphatic rings. The molecule has 0 saturated carbocycles. The van der Waals surface area contributed by atoms with Crippen molar-refractivity contribution in [2.24, 2.45) is 0 Å². The Morgan fingerprint density at radius 1 is 1.50 bits per heavy atom. The maximum Gasteiger partial charge on any atom is 0.374 e. The highest BCUT2D eigenvalue weighted by molar-refractivity contribution is 7.10. The van der Waals surface area contributed by atoms with Crippen LogP contribution < -0.4 is 0 Å². The number of carbonyl (C=O) groups is 1. The number of aromatic nitrogens is 2. The molecule has 2 rings (SSSR count). The summed E-state index contributed by atoms with van der Waals surface area (Å²) in [5.41, 5.74) is 1.12. The Kier molecular flexibility index (Phi) is 2.74. The fraction of sp³-hybridized carbons (Fsp3) is 0.300. The van der Waals surface area contributed by atoms with E-state index in [2.05, 4.69) is 14.7 Å². The number of rotatable bonds is 3. The van der Waals surface area contributed by atoms with Crippen molar-refractivity contribution in [1.29, 1.82) is 0 Å². The summed E-state index contributed by atoms with van der Waals surface area (Å²) in [7, 11) is 0. The predicted molar refractivity (Wildman–Crippen MR) is 58.7 cm³/mol. The van der Waals surface area contributed by atoms with Gasteiger partial charge in [0.1, 0.15) is 11.4 Å². The van der Waals surface area contributed by atoms with Gasteiger partial charge in [0.15, 0.2) is 0 Å². The summed E-state index contributed by atoms with van der Waals surface area (Å²) >= 11 is 1.53. The zero-order chi connectivity index (χ0) is 11.7. The zero-order valence-electron chi connectivity index (χ0n) is 8.80. The first-order valence-corrected chi connectivity index (χ1v) is 5.61. The van der Waals surface area contributed by atoms with Crippen LogP contribution in [0.1, 0.15) is 35.3 Å². The normalized spacial score (nSPS) is 10.9. The molecule has 5 nitrogen and oxygen atoms in total. The van der Waals surface area contributed by atoms with Gasteiger partial charge in [-0.1, -0.05) is 19.0 Å². The molecule has 84 valence electrons. The fourth-order valence-electron chi connectivity index (χ4n) is 1.17. The highest BCUT2D eigenvalue weighted by Crippen LogP contribution is 2.25. The van der Waals surface area contributed by atoms with E-state index in [1.807, 2.05) is 19.2 Å². The standard InChI is InChI=1S/C10H10N2O3S/c1-5(2)9-11-7(4-16-9)6-3-8(10(13)14)15-12-6/h3-5H,1-2H3,(H,13,14). The van der Waals surface area contributed by atoms with Crippen LogP contribution in [-0.4, -0.2) is 21.2 Å². The highest BCUT2D eigenvalue weighted by atomic mass is 32.1. The Labute approximate surface area is 95.7 Å². The molecule has 2 aromatic rings. The number of hydrogen-bond acceptors (Lipinski definition) is 5. The molecule has 0 bridgehead atoms. The Morgan fingerprint density at radius 3 is 2.75 bits per heavy atom. The van der Waals surface area contributed by atoms with E-state index in [1.54, 1.807) is 0 Å². The van der Waals surface area contributed by atoms with E-state index >= 15 is 0 Å². The number of carboxylic acid groups (broad SMARTS) is 1. The number of carboxylic acids is 1. The van der Waals surface area contributed by atoms with Gasteiger partial charge >= 0.3 is 5.97 Å². The van der Waals surface area contributed by atoms with Crippen LogP contribution >= 0.6 is 11.3 Å². The average molecular weight is 238 g/mol. The fourth-order valence-corrected chi connectivity index (χ4v) is 2.00. The Balaban J connectivity index is 2.31. The van der Waals surface area contributed by atoms with Crippen LogP contribution in [0.4, 0.5) is 0 Å². The first-order valence-electron chi connectivity index (χ1n) is 4.73. The van der Waals surface area contributed by atoms with Crippen molar-refractivity contribution in [3.8, 4) is 11.4 Å². The molecule has 16 heavy (non-hydrogen) atoms. The van der Waals surface area contributed by atoms with E-state index in [0.717, 1.165) is 5.01 Å². The Bertz CT molecular complexity index is 516. The molecular formula is C10H10N2O3S. The molecule has 0 fully saturated rings. The van der Waals surface area contributed by atoms with E-state index in [4.69, 9.17) is 5.11 Å². The van der Waals surface area contributed by atoms with Gasteiger partial charge in [0, 0.05) is 17.4 Å². The molecule has 0 saturated heterocycles. The molecule has 0 spiro atoms. The smallest absolute Gasteiger partial charge is 0.374 e. The minimum absolute atomic E-state index is 0.172. The number of nitrogens with zero attached hydrogens (tertiary/aromatic N) is 2. The molecule has 0 atom stereocenters. The van der Waals surface area contributed by atoms with Crippen LogP contribution in [-0.2, 0) is 0 Å². The Hall–Kier alpha value is -1.69. The van der Waals surface area contributed by atoms with Gasteiger partial charge in [-0.05, 0) is 0 Å². The third-order valence-corrected chi connectivity index (χ3v) is 3.14. The lowest BCUT2D eigenvalue weighted by molar-refractivity contribution is 0.0652. The van der Waals surface area contributed by atoms with Crippen LogP contribution in [0.3, 0.4) is 0 Å². The first kappa shape index (κ1) is 10.8. The van der Waals surface area contributed by atoms with Crippen molar-refractivity contribution in [2.45, 2.75) is 19.8 Å². The minimum Gasteiger partial charge on any atom is -0.475 e. The maximum absolute atomic E-state index is 10.6. The van der Waals surface area contributed by atoms with Crippen molar-refractivity contribution in [1.82, 2.24) is 10.1 Å². The monoisotopic (exact) mass is 238 g/mol. The number of aromatic carboxylic acids is 1. The Morgan fingerprint density at radius 2 is 2.25 bits per heavy atom. The van der Waals surface area contributed by atoms with Crippen LogP contribution in [0.25, 0.3) is 11.4 Å².